The van der Waals surface area contributed by atoms with Gasteiger partial charge in [-0.3, -0.25) is 4.79 Å². The Bertz CT molecular complexity index is 273. The second-order valence-corrected chi connectivity index (χ2v) is 2.86. The quantitative estimate of drug-likeness (QED) is 0.630. The van der Waals surface area contributed by atoms with Gasteiger partial charge in [0.1, 0.15) is 5.82 Å². The molecule has 0 aliphatic rings. The highest BCUT2D eigenvalue weighted by Crippen LogP contribution is 2.16. The number of benzene rings is 1. The molecule has 0 amide bonds. The summed E-state index contributed by atoms with van der Waals surface area (Å²) < 4.78 is 12.6. The number of hydrogen-bond donors (Lipinski definition) is 0. The van der Waals surface area contributed by atoms with E-state index in [0.717, 1.165) is 11.0 Å². The van der Waals surface area contributed by atoms with Crippen molar-refractivity contribution in [1.29, 1.82) is 0 Å². The first kappa shape index (κ1) is 8.27. The molecule has 3 heteroatoms. The van der Waals surface area contributed by atoms with Gasteiger partial charge >= 0.3 is 0 Å². The molecule has 0 aromatic heterocycles. The third kappa shape index (κ3) is 2.05. The van der Waals surface area contributed by atoms with Gasteiger partial charge in [0.05, 0.1) is 0 Å². The van der Waals surface area contributed by atoms with Gasteiger partial charge in [-0.05, 0) is 24.5 Å². The molecule has 1 aromatic carbocycles. The van der Waals surface area contributed by atoms with Crippen molar-refractivity contribution in [3.05, 3.63) is 29.6 Å². The Morgan fingerprint density at radius 2 is 2.18 bits per heavy atom. The Morgan fingerprint density at radius 1 is 1.45 bits per heavy atom. The van der Waals surface area contributed by atoms with Gasteiger partial charge in [-0.1, -0.05) is 0 Å². The van der Waals surface area contributed by atoms with Crippen molar-refractivity contribution < 1.29 is 9.18 Å². The van der Waals surface area contributed by atoms with Crippen molar-refractivity contribution in [3.8, 4) is 0 Å². The van der Waals surface area contributed by atoms with Gasteiger partial charge in [0.2, 0.25) is 6.29 Å². The van der Waals surface area contributed by atoms with E-state index < -0.39 is 5.82 Å². The Morgan fingerprint density at radius 3 is 2.73 bits per heavy atom. The van der Waals surface area contributed by atoms with Gasteiger partial charge in [-0.15, -0.1) is 11.8 Å². The third-order valence-corrected chi connectivity index (χ3v) is 1.93. The molecule has 1 rings (SSSR count). The lowest BCUT2D eigenvalue weighted by Gasteiger charge is -1.96. The monoisotopic (exact) mass is 169 g/mol. The van der Waals surface area contributed by atoms with Crippen molar-refractivity contribution in [3.63, 3.8) is 0 Å². The predicted octanol–water partition coefficient (Wildman–Crippen LogP) is 2.01. The smallest absolute Gasteiger partial charge is 0.233 e. The zero-order chi connectivity index (χ0) is 8.27. The first-order chi connectivity index (χ1) is 5.26. The molecule has 0 aliphatic heterocycles. The lowest BCUT2D eigenvalue weighted by Crippen LogP contribution is -1.83. The molecule has 0 heterocycles. The summed E-state index contributed by atoms with van der Waals surface area (Å²) in [5.41, 5.74) is 0.259. The largest absolute Gasteiger partial charge is 0.285 e. The lowest BCUT2D eigenvalue weighted by atomic mass is 10.2. The highest BCUT2D eigenvalue weighted by molar-refractivity contribution is 7.98. The van der Waals surface area contributed by atoms with E-state index in [1.54, 1.807) is 12.4 Å². The maximum atomic E-state index is 12.6. The highest BCUT2D eigenvalue weighted by Gasteiger charge is 1.98. The SMILES string of the molecule is CSc1cc(F)cc([C]=O)c1. The van der Waals surface area contributed by atoms with Crippen LogP contribution < -0.4 is 0 Å². The van der Waals surface area contributed by atoms with E-state index in [2.05, 4.69) is 0 Å². The minimum Gasteiger partial charge on any atom is -0.285 e. The molecule has 0 fully saturated rings. The minimum atomic E-state index is -0.393. The summed E-state index contributed by atoms with van der Waals surface area (Å²) in [6.45, 7) is 0. The summed E-state index contributed by atoms with van der Waals surface area (Å²) >= 11 is 1.39. The number of carbonyl (C=O) groups excluding carboxylic acids is 1. The van der Waals surface area contributed by atoms with E-state index in [1.165, 1.54) is 17.8 Å². The van der Waals surface area contributed by atoms with Gasteiger partial charge in [0, 0.05) is 10.5 Å². The van der Waals surface area contributed by atoms with E-state index in [1.807, 2.05) is 6.26 Å². The molecular weight excluding hydrogens is 163 g/mol. The molecule has 1 aromatic rings. The van der Waals surface area contributed by atoms with Crippen LogP contribution in [0.4, 0.5) is 4.39 Å². The van der Waals surface area contributed by atoms with E-state index in [-0.39, 0.29) is 5.56 Å². The van der Waals surface area contributed by atoms with Crippen LogP contribution in [0.2, 0.25) is 0 Å². The second kappa shape index (κ2) is 3.53. The topological polar surface area (TPSA) is 17.1 Å². The average molecular weight is 169 g/mol. The van der Waals surface area contributed by atoms with Crippen LogP contribution in [0.15, 0.2) is 23.1 Å². The van der Waals surface area contributed by atoms with E-state index in [4.69, 9.17) is 0 Å². The normalized spacial score (nSPS) is 9.64. The first-order valence-electron chi connectivity index (χ1n) is 2.99. The van der Waals surface area contributed by atoms with Gasteiger partial charge in [0.15, 0.2) is 0 Å². The summed E-state index contributed by atoms with van der Waals surface area (Å²) in [6.07, 6.45) is 3.46. The van der Waals surface area contributed by atoms with Crippen molar-refractivity contribution in [2.24, 2.45) is 0 Å². The van der Waals surface area contributed by atoms with Gasteiger partial charge in [-0.25, -0.2) is 4.39 Å². The minimum absolute atomic E-state index is 0.259. The maximum absolute atomic E-state index is 12.6. The molecule has 0 unspecified atom stereocenters. The van der Waals surface area contributed by atoms with Crippen molar-refractivity contribution in [2.45, 2.75) is 4.90 Å². The zero-order valence-corrected chi connectivity index (χ0v) is 6.74. The average Bonchev–Trinajstić information content (AvgIpc) is 2.03. The number of rotatable bonds is 2. The standard InChI is InChI=1S/C8H6FOS/c1-11-8-3-6(5-10)2-7(9)4-8/h2-4H,1H3. The Hall–Kier alpha value is -0.830. The molecule has 0 saturated carbocycles. The Labute approximate surface area is 68.6 Å². The molecule has 0 spiro atoms. The van der Waals surface area contributed by atoms with Crippen molar-refractivity contribution in [1.82, 2.24) is 0 Å². The van der Waals surface area contributed by atoms with Crippen LogP contribution in [0.1, 0.15) is 5.56 Å². The molecule has 0 saturated heterocycles. The zero-order valence-electron chi connectivity index (χ0n) is 5.93. The van der Waals surface area contributed by atoms with Crippen LogP contribution in [0.25, 0.3) is 0 Å². The highest BCUT2D eigenvalue weighted by atomic mass is 32.2. The van der Waals surface area contributed by atoms with Crippen LogP contribution >= 0.6 is 11.8 Å². The fourth-order valence-electron chi connectivity index (χ4n) is 0.739. The van der Waals surface area contributed by atoms with Crippen LogP contribution in [0.5, 0.6) is 0 Å². The van der Waals surface area contributed by atoms with E-state index in [0.29, 0.717) is 0 Å². The first-order valence-corrected chi connectivity index (χ1v) is 4.21. The molecule has 0 aliphatic carbocycles. The number of hydrogen-bond acceptors (Lipinski definition) is 2. The molecule has 57 valence electrons. The number of halogens is 1. The fourth-order valence-corrected chi connectivity index (χ4v) is 1.21. The van der Waals surface area contributed by atoms with Crippen molar-refractivity contribution >= 4 is 18.0 Å². The second-order valence-electron chi connectivity index (χ2n) is 1.98. The van der Waals surface area contributed by atoms with Crippen LogP contribution in [0.3, 0.4) is 0 Å². The summed E-state index contributed by atoms with van der Waals surface area (Å²) in [5, 5.41) is 0. The summed E-state index contributed by atoms with van der Waals surface area (Å²) in [5.74, 6) is -0.393. The number of thioether (sulfide) groups is 1. The summed E-state index contributed by atoms with van der Waals surface area (Å²) in [4.78, 5) is 10.9. The predicted molar refractivity (Wildman–Crippen MR) is 43.0 cm³/mol. The summed E-state index contributed by atoms with van der Waals surface area (Å²) in [7, 11) is 0. The van der Waals surface area contributed by atoms with E-state index in [9.17, 15) is 9.18 Å². The molecule has 0 bridgehead atoms. The summed E-state index contributed by atoms with van der Waals surface area (Å²) in [6, 6.07) is 4.14. The molecule has 11 heavy (non-hydrogen) atoms. The van der Waals surface area contributed by atoms with Gasteiger partial charge < -0.3 is 0 Å². The fraction of sp³-hybridized carbons (Fsp3) is 0.125. The third-order valence-electron chi connectivity index (χ3n) is 1.22. The molecular formula is C8H6FOS. The maximum Gasteiger partial charge on any atom is 0.233 e. The van der Waals surface area contributed by atoms with E-state index >= 15 is 0 Å². The molecule has 1 nitrogen and oxygen atoms in total. The Kier molecular flexibility index (Phi) is 2.65. The Balaban J connectivity index is 3.11. The van der Waals surface area contributed by atoms with Gasteiger partial charge in [-0.2, -0.15) is 0 Å². The van der Waals surface area contributed by atoms with Crippen LogP contribution in [-0.4, -0.2) is 12.5 Å². The van der Waals surface area contributed by atoms with Gasteiger partial charge in [0.25, 0.3) is 0 Å². The lowest BCUT2D eigenvalue weighted by molar-refractivity contribution is 0.561. The molecule has 0 N–H and O–H groups in total. The van der Waals surface area contributed by atoms with Crippen LogP contribution in [-0.2, 0) is 4.79 Å². The molecule has 1 radical (unpaired) electrons. The van der Waals surface area contributed by atoms with Crippen molar-refractivity contribution in [2.75, 3.05) is 6.26 Å². The molecule has 0 atom stereocenters. The van der Waals surface area contributed by atoms with Crippen LogP contribution in [0, 0.1) is 5.82 Å².